The normalized spacial score (nSPS) is 22.0. The summed E-state index contributed by atoms with van der Waals surface area (Å²) < 4.78 is 0. The molecule has 0 aromatic carbocycles. The maximum atomic E-state index is 11.8. The standard InChI is InChI=1S/C10H18N2O5/c13-5-7-3-1-2-4-12(7)10(17)11-8(6-14)9(15)16/h7-8,13-14H,1-6H2,(H,11,17)(H,15,16)/t7?,8-/m1/s1. The molecule has 1 unspecified atom stereocenters. The van der Waals surface area contributed by atoms with Gasteiger partial charge in [0.25, 0.3) is 0 Å². The van der Waals surface area contributed by atoms with Gasteiger partial charge in [-0.25, -0.2) is 9.59 Å². The third-order valence-corrected chi connectivity index (χ3v) is 2.88. The van der Waals surface area contributed by atoms with Crippen LogP contribution in [0.15, 0.2) is 0 Å². The first-order valence-corrected chi connectivity index (χ1v) is 5.61. The highest BCUT2D eigenvalue weighted by Crippen LogP contribution is 2.16. The molecule has 0 saturated carbocycles. The van der Waals surface area contributed by atoms with Gasteiger partial charge >= 0.3 is 12.0 Å². The second-order valence-electron chi connectivity index (χ2n) is 4.05. The van der Waals surface area contributed by atoms with E-state index in [1.807, 2.05) is 0 Å². The van der Waals surface area contributed by atoms with Gasteiger partial charge < -0.3 is 25.5 Å². The van der Waals surface area contributed by atoms with Gasteiger partial charge in [-0.3, -0.25) is 0 Å². The third-order valence-electron chi connectivity index (χ3n) is 2.88. The number of aliphatic carboxylic acids is 1. The van der Waals surface area contributed by atoms with Crippen LogP contribution < -0.4 is 5.32 Å². The minimum absolute atomic E-state index is 0.135. The number of carbonyl (C=O) groups is 2. The first kappa shape index (κ1) is 13.7. The van der Waals surface area contributed by atoms with Gasteiger partial charge in [0.1, 0.15) is 0 Å². The van der Waals surface area contributed by atoms with E-state index >= 15 is 0 Å². The van der Waals surface area contributed by atoms with Crippen molar-refractivity contribution < 1.29 is 24.9 Å². The van der Waals surface area contributed by atoms with Crippen molar-refractivity contribution in [3.63, 3.8) is 0 Å². The SMILES string of the molecule is O=C(O)[C@@H](CO)NC(=O)N1CCCCC1CO. The lowest BCUT2D eigenvalue weighted by Gasteiger charge is -2.35. The molecule has 1 aliphatic rings. The lowest BCUT2D eigenvalue weighted by atomic mass is 10.0. The van der Waals surface area contributed by atoms with Crippen LogP contribution in [-0.4, -0.2) is 64.1 Å². The topological polar surface area (TPSA) is 110 Å². The second kappa shape index (κ2) is 6.41. The molecule has 1 saturated heterocycles. The number of likely N-dealkylation sites (tertiary alicyclic amines) is 1. The number of aliphatic hydroxyl groups is 2. The summed E-state index contributed by atoms with van der Waals surface area (Å²) in [6, 6.07) is -2.12. The summed E-state index contributed by atoms with van der Waals surface area (Å²) in [7, 11) is 0. The zero-order chi connectivity index (χ0) is 12.8. The maximum Gasteiger partial charge on any atom is 0.328 e. The Bertz CT molecular complexity index is 284. The molecular formula is C10H18N2O5. The first-order chi connectivity index (χ1) is 8.10. The molecule has 7 heteroatoms. The number of piperidine rings is 1. The zero-order valence-corrected chi connectivity index (χ0v) is 9.50. The van der Waals surface area contributed by atoms with Crippen LogP contribution in [0.3, 0.4) is 0 Å². The number of nitrogens with zero attached hydrogens (tertiary/aromatic N) is 1. The molecule has 4 N–H and O–H groups in total. The zero-order valence-electron chi connectivity index (χ0n) is 9.50. The van der Waals surface area contributed by atoms with Crippen molar-refractivity contribution in [1.82, 2.24) is 10.2 Å². The third kappa shape index (κ3) is 3.57. The van der Waals surface area contributed by atoms with Crippen LogP contribution in [0.25, 0.3) is 0 Å². The number of carboxylic acids is 1. The number of hydrogen-bond acceptors (Lipinski definition) is 4. The Hall–Kier alpha value is -1.34. The molecule has 0 aliphatic carbocycles. The van der Waals surface area contributed by atoms with E-state index in [1.54, 1.807) is 0 Å². The van der Waals surface area contributed by atoms with E-state index < -0.39 is 24.6 Å². The summed E-state index contributed by atoms with van der Waals surface area (Å²) in [6.07, 6.45) is 2.49. The Morgan fingerprint density at radius 2 is 2.06 bits per heavy atom. The number of amides is 2. The Morgan fingerprint density at radius 3 is 2.59 bits per heavy atom. The summed E-state index contributed by atoms with van der Waals surface area (Å²) in [5.74, 6) is -1.28. The Kier molecular flexibility index (Phi) is 5.17. The molecule has 0 aromatic rings. The first-order valence-electron chi connectivity index (χ1n) is 5.61. The quantitative estimate of drug-likeness (QED) is 0.508. The average Bonchev–Trinajstić information content (AvgIpc) is 2.35. The number of nitrogens with one attached hydrogen (secondary N) is 1. The predicted molar refractivity (Wildman–Crippen MR) is 58.5 cm³/mol. The molecule has 98 valence electrons. The minimum atomic E-state index is -1.30. The summed E-state index contributed by atoms with van der Waals surface area (Å²) >= 11 is 0. The van der Waals surface area contributed by atoms with E-state index in [-0.39, 0.29) is 12.6 Å². The van der Waals surface area contributed by atoms with E-state index in [1.165, 1.54) is 4.90 Å². The fourth-order valence-corrected chi connectivity index (χ4v) is 1.88. The number of urea groups is 1. The van der Waals surface area contributed by atoms with Crippen LogP contribution in [0.5, 0.6) is 0 Å². The molecule has 0 bridgehead atoms. The summed E-state index contributed by atoms with van der Waals surface area (Å²) in [6.45, 7) is -0.294. The fraction of sp³-hybridized carbons (Fsp3) is 0.800. The largest absolute Gasteiger partial charge is 0.480 e. The van der Waals surface area contributed by atoms with E-state index in [0.29, 0.717) is 13.0 Å². The van der Waals surface area contributed by atoms with Gasteiger partial charge in [-0.1, -0.05) is 0 Å². The highest BCUT2D eigenvalue weighted by atomic mass is 16.4. The number of hydrogen-bond donors (Lipinski definition) is 4. The van der Waals surface area contributed by atoms with Crippen LogP contribution >= 0.6 is 0 Å². The maximum absolute atomic E-state index is 11.8. The predicted octanol–water partition coefficient (Wildman–Crippen LogP) is -1.01. The molecule has 1 rings (SSSR count). The van der Waals surface area contributed by atoms with Crippen LogP contribution in [0.1, 0.15) is 19.3 Å². The van der Waals surface area contributed by atoms with Crippen LogP contribution in [0.2, 0.25) is 0 Å². The van der Waals surface area contributed by atoms with E-state index in [4.69, 9.17) is 15.3 Å². The highest BCUT2D eigenvalue weighted by Gasteiger charge is 2.28. The van der Waals surface area contributed by atoms with Crippen molar-refractivity contribution in [2.45, 2.75) is 31.3 Å². The Morgan fingerprint density at radius 1 is 1.35 bits per heavy atom. The van der Waals surface area contributed by atoms with Gasteiger partial charge in [-0.05, 0) is 19.3 Å². The molecule has 2 amide bonds. The lowest BCUT2D eigenvalue weighted by molar-refractivity contribution is -0.140. The number of aliphatic hydroxyl groups excluding tert-OH is 2. The van der Waals surface area contributed by atoms with Gasteiger partial charge in [0.2, 0.25) is 0 Å². The Balaban J connectivity index is 2.58. The van der Waals surface area contributed by atoms with Crippen molar-refractivity contribution in [3.8, 4) is 0 Å². The van der Waals surface area contributed by atoms with Crippen molar-refractivity contribution >= 4 is 12.0 Å². The van der Waals surface area contributed by atoms with E-state index in [9.17, 15) is 9.59 Å². The van der Waals surface area contributed by atoms with Gasteiger partial charge in [-0.2, -0.15) is 0 Å². The second-order valence-corrected chi connectivity index (χ2v) is 4.05. The molecule has 1 fully saturated rings. The smallest absolute Gasteiger partial charge is 0.328 e. The van der Waals surface area contributed by atoms with Crippen molar-refractivity contribution in [2.75, 3.05) is 19.8 Å². The van der Waals surface area contributed by atoms with Crippen molar-refractivity contribution in [2.24, 2.45) is 0 Å². The molecular weight excluding hydrogens is 228 g/mol. The van der Waals surface area contributed by atoms with E-state index in [0.717, 1.165) is 12.8 Å². The van der Waals surface area contributed by atoms with Crippen molar-refractivity contribution in [3.05, 3.63) is 0 Å². The molecule has 7 nitrogen and oxygen atoms in total. The van der Waals surface area contributed by atoms with E-state index in [2.05, 4.69) is 5.32 Å². The van der Waals surface area contributed by atoms with Gasteiger partial charge in [0, 0.05) is 6.54 Å². The highest BCUT2D eigenvalue weighted by molar-refractivity contribution is 5.82. The number of carboxylic acid groups (broad SMARTS) is 1. The van der Waals surface area contributed by atoms with Gasteiger partial charge in [0.15, 0.2) is 6.04 Å². The number of rotatable bonds is 4. The average molecular weight is 246 g/mol. The summed E-state index contributed by atoms with van der Waals surface area (Å²) in [5, 5.41) is 28.9. The number of carbonyl (C=O) groups excluding carboxylic acids is 1. The molecule has 1 heterocycles. The fourth-order valence-electron chi connectivity index (χ4n) is 1.88. The molecule has 2 atom stereocenters. The van der Waals surface area contributed by atoms with Crippen LogP contribution in [0.4, 0.5) is 4.79 Å². The molecule has 0 radical (unpaired) electrons. The minimum Gasteiger partial charge on any atom is -0.480 e. The van der Waals surface area contributed by atoms with Gasteiger partial charge in [-0.15, -0.1) is 0 Å². The van der Waals surface area contributed by atoms with Crippen LogP contribution in [-0.2, 0) is 4.79 Å². The molecule has 17 heavy (non-hydrogen) atoms. The van der Waals surface area contributed by atoms with Crippen molar-refractivity contribution in [1.29, 1.82) is 0 Å². The van der Waals surface area contributed by atoms with Crippen LogP contribution in [0, 0.1) is 0 Å². The molecule has 0 aromatic heterocycles. The van der Waals surface area contributed by atoms with Gasteiger partial charge in [0.05, 0.1) is 19.3 Å². The molecule has 1 aliphatic heterocycles. The lowest BCUT2D eigenvalue weighted by Crippen LogP contribution is -2.54. The Labute approximate surface area is 99.0 Å². The summed E-state index contributed by atoms with van der Waals surface area (Å²) in [4.78, 5) is 23.9. The summed E-state index contributed by atoms with van der Waals surface area (Å²) in [5.41, 5.74) is 0. The monoisotopic (exact) mass is 246 g/mol. The molecule has 0 spiro atoms.